The largest absolute Gasteiger partial charge is 0.369 e. The molecule has 3 fully saturated rings. The molecule has 1 aliphatic carbocycles. The van der Waals surface area contributed by atoms with Crippen LogP contribution in [0, 0.1) is 12.8 Å². The van der Waals surface area contributed by atoms with Crippen molar-refractivity contribution in [1.29, 1.82) is 0 Å². The zero-order valence-electron chi connectivity index (χ0n) is 20.1. The quantitative estimate of drug-likeness (QED) is 0.421. The summed E-state index contributed by atoms with van der Waals surface area (Å²) < 4.78 is 2.96. The number of rotatable bonds is 9. The topological polar surface area (TPSA) is 100 Å². The Hall–Kier alpha value is -2.20. The number of carbonyl (C=O) groups excluding carboxylic acids is 1. The molecule has 5 rings (SSSR count). The van der Waals surface area contributed by atoms with E-state index in [9.17, 15) is 4.79 Å². The van der Waals surface area contributed by atoms with Crippen LogP contribution in [0.25, 0.3) is 0 Å². The molecule has 2 saturated heterocycles. The van der Waals surface area contributed by atoms with E-state index in [1.807, 2.05) is 6.92 Å². The lowest BCUT2D eigenvalue weighted by Crippen LogP contribution is -2.40. The van der Waals surface area contributed by atoms with Gasteiger partial charge in [-0.05, 0) is 74.8 Å². The van der Waals surface area contributed by atoms with Crippen LogP contribution < -0.4 is 16.0 Å². The summed E-state index contributed by atoms with van der Waals surface area (Å²) in [7, 11) is 2.27. The third-order valence-electron chi connectivity index (χ3n) is 7.78. The normalized spacial score (nSPS) is 24.6. The fourth-order valence-corrected chi connectivity index (χ4v) is 5.71. The monoisotopic (exact) mass is 530 g/mol. The Morgan fingerprint density at radius 1 is 1.15 bits per heavy atom. The predicted octanol–water partition coefficient (Wildman–Crippen LogP) is 4.00. The standard InChI is InChI=1S/C24H35BrN8O/c1-15-21(14-33(31-15)19-11-17-7-8-18(12-19)32(17)2)29-24-28-13-20(25)22(30-24)26-9-4-10-27-23(34)16-5-3-6-16/h13-14,16-19H,3-12H2,1-2H3,(H,27,34)(H2,26,28,29,30). The Morgan fingerprint density at radius 3 is 2.62 bits per heavy atom. The average molecular weight is 532 g/mol. The highest BCUT2D eigenvalue weighted by Gasteiger charge is 2.39. The van der Waals surface area contributed by atoms with Gasteiger partial charge >= 0.3 is 0 Å². The highest BCUT2D eigenvalue weighted by atomic mass is 79.9. The van der Waals surface area contributed by atoms with Crippen molar-refractivity contribution < 1.29 is 4.79 Å². The first-order valence-corrected chi connectivity index (χ1v) is 13.4. The van der Waals surface area contributed by atoms with Crippen molar-refractivity contribution in [2.75, 3.05) is 30.8 Å². The summed E-state index contributed by atoms with van der Waals surface area (Å²) in [5.74, 6) is 1.71. The van der Waals surface area contributed by atoms with E-state index in [0.29, 0.717) is 30.6 Å². The van der Waals surface area contributed by atoms with Gasteiger partial charge < -0.3 is 20.9 Å². The lowest BCUT2D eigenvalue weighted by atomic mass is 9.85. The maximum Gasteiger partial charge on any atom is 0.229 e. The molecular weight excluding hydrogens is 496 g/mol. The Balaban J connectivity index is 1.15. The molecule has 0 aromatic carbocycles. The number of piperidine rings is 1. The molecule has 4 heterocycles. The third kappa shape index (κ3) is 5.07. The molecule has 0 spiro atoms. The number of anilines is 3. The number of nitrogens with zero attached hydrogens (tertiary/aromatic N) is 5. The first-order chi connectivity index (χ1) is 16.5. The zero-order valence-corrected chi connectivity index (χ0v) is 21.6. The number of carbonyl (C=O) groups is 1. The minimum Gasteiger partial charge on any atom is -0.369 e. The fraction of sp³-hybridized carbons (Fsp3) is 0.667. The summed E-state index contributed by atoms with van der Waals surface area (Å²) in [6.07, 6.45) is 12.9. The van der Waals surface area contributed by atoms with Gasteiger partial charge in [0, 0.05) is 43.5 Å². The van der Waals surface area contributed by atoms with Gasteiger partial charge in [0.05, 0.1) is 21.9 Å². The summed E-state index contributed by atoms with van der Waals surface area (Å²) in [6.45, 7) is 3.42. The average Bonchev–Trinajstić information content (AvgIpc) is 3.21. The zero-order chi connectivity index (χ0) is 23.7. The molecule has 10 heteroatoms. The Kier molecular flexibility index (Phi) is 7.06. The van der Waals surface area contributed by atoms with Crippen LogP contribution in [0.1, 0.15) is 63.1 Å². The van der Waals surface area contributed by atoms with Crippen molar-refractivity contribution in [1.82, 2.24) is 30.0 Å². The minimum absolute atomic E-state index is 0.199. The van der Waals surface area contributed by atoms with E-state index in [-0.39, 0.29) is 11.8 Å². The summed E-state index contributed by atoms with van der Waals surface area (Å²) in [5.41, 5.74) is 1.90. The summed E-state index contributed by atoms with van der Waals surface area (Å²) in [5, 5.41) is 14.6. The smallest absolute Gasteiger partial charge is 0.229 e. The van der Waals surface area contributed by atoms with E-state index in [4.69, 9.17) is 5.10 Å². The van der Waals surface area contributed by atoms with E-state index in [0.717, 1.165) is 60.3 Å². The number of amides is 1. The van der Waals surface area contributed by atoms with Crippen LogP contribution in [0.3, 0.4) is 0 Å². The first-order valence-electron chi connectivity index (χ1n) is 12.6. The molecule has 2 aliphatic heterocycles. The van der Waals surface area contributed by atoms with Gasteiger partial charge in [0.1, 0.15) is 5.82 Å². The molecule has 184 valence electrons. The van der Waals surface area contributed by atoms with Gasteiger partial charge in [-0.1, -0.05) is 6.42 Å². The van der Waals surface area contributed by atoms with Crippen LogP contribution in [0.4, 0.5) is 17.5 Å². The van der Waals surface area contributed by atoms with Crippen molar-refractivity contribution in [2.24, 2.45) is 5.92 Å². The molecule has 2 aromatic rings. The minimum atomic E-state index is 0.199. The molecule has 1 amide bonds. The lowest BCUT2D eigenvalue weighted by molar-refractivity contribution is -0.127. The van der Waals surface area contributed by atoms with Crippen LogP contribution in [-0.2, 0) is 4.79 Å². The van der Waals surface area contributed by atoms with Crippen LogP contribution in [0.5, 0.6) is 0 Å². The second-order valence-corrected chi connectivity index (χ2v) is 10.9. The van der Waals surface area contributed by atoms with Gasteiger partial charge in [-0.15, -0.1) is 0 Å². The number of hydrogen-bond donors (Lipinski definition) is 3. The van der Waals surface area contributed by atoms with Crippen molar-refractivity contribution in [3.05, 3.63) is 22.6 Å². The Morgan fingerprint density at radius 2 is 1.91 bits per heavy atom. The van der Waals surface area contributed by atoms with Crippen LogP contribution in [0.2, 0.25) is 0 Å². The Bertz CT molecular complexity index is 1010. The number of fused-ring (bicyclic) bond motifs is 2. The van der Waals surface area contributed by atoms with Crippen LogP contribution in [-0.4, -0.2) is 62.8 Å². The van der Waals surface area contributed by atoms with Crippen molar-refractivity contribution in [3.8, 4) is 0 Å². The molecule has 3 aliphatic rings. The molecule has 2 atom stereocenters. The van der Waals surface area contributed by atoms with Gasteiger partial charge in [0.25, 0.3) is 0 Å². The van der Waals surface area contributed by atoms with E-state index >= 15 is 0 Å². The number of hydrogen-bond acceptors (Lipinski definition) is 7. The Labute approximate surface area is 209 Å². The molecule has 1 saturated carbocycles. The van der Waals surface area contributed by atoms with Crippen LogP contribution >= 0.6 is 15.9 Å². The van der Waals surface area contributed by atoms with Gasteiger partial charge in [0.2, 0.25) is 11.9 Å². The second-order valence-electron chi connectivity index (χ2n) is 10.00. The second kappa shape index (κ2) is 10.2. The highest BCUT2D eigenvalue weighted by Crippen LogP contribution is 2.40. The maximum atomic E-state index is 11.9. The van der Waals surface area contributed by atoms with Crippen LogP contribution in [0.15, 0.2) is 16.9 Å². The van der Waals surface area contributed by atoms with Crippen molar-refractivity contribution in [2.45, 2.75) is 76.4 Å². The number of halogens is 1. The maximum absolute atomic E-state index is 11.9. The van der Waals surface area contributed by atoms with Crippen molar-refractivity contribution >= 4 is 39.3 Å². The molecule has 3 N–H and O–H groups in total. The van der Waals surface area contributed by atoms with E-state index in [1.54, 1.807) is 6.20 Å². The summed E-state index contributed by atoms with van der Waals surface area (Å²) in [6, 6.07) is 1.81. The van der Waals surface area contributed by atoms with Gasteiger partial charge in [0.15, 0.2) is 0 Å². The molecular formula is C24H35BrN8O. The molecule has 2 bridgehead atoms. The molecule has 2 unspecified atom stereocenters. The SMILES string of the molecule is Cc1nn(C2CC3CCC(C2)N3C)cc1Nc1ncc(Br)c(NCCCNC(=O)C2CCC2)n1. The highest BCUT2D eigenvalue weighted by molar-refractivity contribution is 9.10. The van der Waals surface area contributed by atoms with E-state index in [2.05, 4.69) is 64.7 Å². The summed E-state index contributed by atoms with van der Waals surface area (Å²) >= 11 is 3.53. The van der Waals surface area contributed by atoms with Gasteiger partial charge in [-0.3, -0.25) is 9.48 Å². The molecule has 9 nitrogen and oxygen atoms in total. The van der Waals surface area contributed by atoms with Gasteiger partial charge in [-0.25, -0.2) is 4.98 Å². The number of aromatic nitrogens is 4. The van der Waals surface area contributed by atoms with E-state index in [1.165, 1.54) is 19.3 Å². The molecule has 34 heavy (non-hydrogen) atoms. The first kappa shape index (κ1) is 23.5. The fourth-order valence-electron chi connectivity index (χ4n) is 5.38. The van der Waals surface area contributed by atoms with Gasteiger partial charge in [-0.2, -0.15) is 10.1 Å². The number of aryl methyl sites for hydroxylation is 1. The molecule has 2 aromatic heterocycles. The van der Waals surface area contributed by atoms with E-state index < -0.39 is 0 Å². The van der Waals surface area contributed by atoms with Crippen molar-refractivity contribution in [3.63, 3.8) is 0 Å². The predicted molar refractivity (Wildman–Crippen MR) is 136 cm³/mol. The molecule has 0 radical (unpaired) electrons. The number of nitrogens with one attached hydrogen (secondary N) is 3. The summed E-state index contributed by atoms with van der Waals surface area (Å²) in [4.78, 5) is 23.6. The third-order valence-corrected chi connectivity index (χ3v) is 8.36. The lowest BCUT2D eigenvalue weighted by Gasteiger charge is -2.36.